The van der Waals surface area contributed by atoms with Gasteiger partial charge in [-0.3, -0.25) is 9.69 Å². The van der Waals surface area contributed by atoms with Crippen molar-refractivity contribution < 1.29 is 23.0 Å². The van der Waals surface area contributed by atoms with Crippen molar-refractivity contribution >= 4 is 23.3 Å². The molecule has 1 heterocycles. The van der Waals surface area contributed by atoms with E-state index in [-0.39, 0.29) is 24.0 Å². The molecular weight excluding hydrogens is 442 g/mol. The summed E-state index contributed by atoms with van der Waals surface area (Å²) in [6, 6.07) is 13.9. The smallest absolute Gasteiger partial charge is 0.387 e. The van der Waals surface area contributed by atoms with Gasteiger partial charge in [-0.15, -0.1) is 0 Å². The van der Waals surface area contributed by atoms with Gasteiger partial charge in [0, 0.05) is 17.6 Å². The number of nitrogens with zero attached hydrogens (tertiary/aromatic N) is 3. The molecule has 1 N–H and O–H groups in total. The van der Waals surface area contributed by atoms with Crippen LogP contribution in [0.1, 0.15) is 11.1 Å². The minimum Gasteiger partial charge on any atom is -0.493 e. The summed E-state index contributed by atoms with van der Waals surface area (Å²) in [4.78, 5) is 14.3. The second-order valence-electron chi connectivity index (χ2n) is 7.05. The second-order valence-corrected chi connectivity index (χ2v) is 7.46. The fourth-order valence-corrected chi connectivity index (χ4v) is 3.35. The first-order valence-electron chi connectivity index (χ1n) is 9.71. The molecule has 3 aromatic rings. The lowest BCUT2D eigenvalue weighted by Crippen LogP contribution is -2.30. The number of nitrogens with one attached hydrogen (secondary N) is 1. The molecule has 170 valence electrons. The van der Waals surface area contributed by atoms with Gasteiger partial charge in [0.15, 0.2) is 11.5 Å². The number of hydrogen-bond donors (Lipinski definition) is 1. The molecule has 0 aliphatic carbocycles. The average molecular weight is 465 g/mol. The monoisotopic (exact) mass is 464 g/mol. The molecule has 0 aliphatic rings. The summed E-state index contributed by atoms with van der Waals surface area (Å²) in [5.41, 5.74) is 1.58. The van der Waals surface area contributed by atoms with Crippen LogP contribution in [-0.4, -0.2) is 47.9 Å². The summed E-state index contributed by atoms with van der Waals surface area (Å²) in [7, 11) is 3.12. The van der Waals surface area contributed by atoms with Crippen molar-refractivity contribution in [2.24, 2.45) is 0 Å². The van der Waals surface area contributed by atoms with Crippen LogP contribution in [0, 0.1) is 0 Å². The second kappa shape index (κ2) is 10.9. The summed E-state index contributed by atoms with van der Waals surface area (Å²) in [6.07, 6.45) is 1.60. The van der Waals surface area contributed by atoms with Crippen molar-refractivity contribution in [3.63, 3.8) is 0 Å². The number of alkyl halides is 2. The third kappa shape index (κ3) is 6.41. The van der Waals surface area contributed by atoms with E-state index in [9.17, 15) is 13.6 Å². The molecule has 0 unspecified atom stereocenters. The molecule has 0 saturated carbocycles. The van der Waals surface area contributed by atoms with Gasteiger partial charge in [0.25, 0.3) is 0 Å². The summed E-state index contributed by atoms with van der Waals surface area (Å²) in [5, 5.41) is 7.70. The van der Waals surface area contributed by atoms with Gasteiger partial charge in [-0.25, -0.2) is 4.68 Å². The molecule has 2 aromatic carbocycles. The van der Waals surface area contributed by atoms with Crippen molar-refractivity contribution in [3.8, 4) is 11.5 Å². The van der Waals surface area contributed by atoms with E-state index in [1.807, 2.05) is 18.2 Å². The lowest BCUT2D eigenvalue weighted by molar-refractivity contribution is -0.117. The summed E-state index contributed by atoms with van der Waals surface area (Å²) < 4.78 is 36.4. The van der Waals surface area contributed by atoms with E-state index in [1.165, 1.54) is 13.2 Å². The van der Waals surface area contributed by atoms with Crippen LogP contribution >= 0.6 is 11.6 Å². The van der Waals surface area contributed by atoms with Crippen LogP contribution in [0.2, 0.25) is 5.02 Å². The normalized spacial score (nSPS) is 11.1. The van der Waals surface area contributed by atoms with Crippen LogP contribution in [0.15, 0.2) is 54.7 Å². The number of carbonyl (C=O) groups is 1. The fraction of sp³-hybridized carbons (Fsp3) is 0.273. The first-order valence-corrected chi connectivity index (χ1v) is 10.1. The summed E-state index contributed by atoms with van der Waals surface area (Å²) in [5.74, 6) is 0.453. The fourth-order valence-electron chi connectivity index (χ4n) is 3.16. The molecule has 3 rings (SSSR count). The molecule has 0 atom stereocenters. The number of likely N-dealkylation sites (N-methyl/N-ethyl adjacent to an activating group) is 1. The van der Waals surface area contributed by atoms with E-state index in [0.29, 0.717) is 29.5 Å². The maximum absolute atomic E-state index is 12.6. The minimum atomic E-state index is -2.96. The number of hydrogen-bond acceptors (Lipinski definition) is 5. The maximum Gasteiger partial charge on any atom is 0.387 e. The van der Waals surface area contributed by atoms with Gasteiger partial charge in [0.2, 0.25) is 5.91 Å². The number of amides is 1. The number of aromatic nitrogens is 2. The summed E-state index contributed by atoms with van der Waals surface area (Å²) >= 11 is 6.21. The van der Waals surface area contributed by atoms with Crippen molar-refractivity contribution in [1.82, 2.24) is 14.7 Å². The number of ether oxygens (including phenoxy) is 2. The van der Waals surface area contributed by atoms with Gasteiger partial charge in [-0.2, -0.15) is 13.9 Å². The van der Waals surface area contributed by atoms with Gasteiger partial charge >= 0.3 is 6.61 Å². The third-order valence-corrected chi connectivity index (χ3v) is 4.94. The van der Waals surface area contributed by atoms with Crippen LogP contribution in [0.25, 0.3) is 0 Å². The van der Waals surface area contributed by atoms with Gasteiger partial charge in [0.05, 0.1) is 26.4 Å². The van der Waals surface area contributed by atoms with Crippen LogP contribution in [0.5, 0.6) is 11.5 Å². The SMILES string of the molecule is COc1ccc(CN(C)CC(=O)Nc2ccnn2Cc2ccccc2Cl)cc1OC(F)F. The highest BCUT2D eigenvalue weighted by Crippen LogP contribution is 2.29. The molecule has 0 spiro atoms. The number of anilines is 1. The average Bonchev–Trinajstić information content (AvgIpc) is 3.15. The Morgan fingerprint density at radius 1 is 1.22 bits per heavy atom. The Morgan fingerprint density at radius 2 is 2.00 bits per heavy atom. The van der Waals surface area contributed by atoms with E-state index < -0.39 is 6.61 Å². The number of halogens is 3. The molecule has 0 fully saturated rings. The predicted octanol–water partition coefficient (Wildman–Crippen LogP) is 4.27. The van der Waals surface area contributed by atoms with E-state index in [2.05, 4.69) is 15.2 Å². The highest BCUT2D eigenvalue weighted by Gasteiger charge is 2.14. The molecule has 1 amide bonds. The third-order valence-electron chi connectivity index (χ3n) is 4.57. The highest BCUT2D eigenvalue weighted by atomic mass is 35.5. The van der Waals surface area contributed by atoms with E-state index in [0.717, 1.165) is 5.56 Å². The zero-order valence-electron chi connectivity index (χ0n) is 17.6. The van der Waals surface area contributed by atoms with Crippen molar-refractivity contribution in [1.29, 1.82) is 0 Å². The molecule has 7 nitrogen and oxygen atoms in total. The minimum absolute atomic E-state index is 0.0543. The Bertz CT molecular complexity index is 1060. The van der Waals surface area contributed by atoms with E-state index in [1.54, 1.807) is 47.1 Å². The van der Waals surface area contributed by atoms with Crippen molar-refractivity contribution in [2.75, 3.05) is 26.0 Å². The zero-order valence-corrected chi connectivity index (χ0v) is 18.4. The van der Waals surface area contributed by atoms with Gasteiger partial charge in [-0.05, 0) is 36.4 Å². The molecule has 0 saturated heterocycles. The first-order chi connectivity index (χ1) is 15.4. The summed E-state index contributed by atoms with van der Waals surface area (Å²) in [6.45, 7) is -2.13. The Labute approximate surface area is 189 Å². The van der Waals surface area contributed by atoms with Crippen LogP contribution in [0.3, 0.4) is 0 Å². The van der Waals surface area contributed by atoms with Crippen LogP contribution in [0.4, 0.5) is 14.6 Å². The number of benzene rings is 2. The quantitative estimate of drug-likeness (QED) is 0.485. The molecule has 0 aliphatic heterocycles. The highest BCUT2D eigenvalue weighted by molar-refractivity contribution is 6.31. The molecule has 0 radical (unpaired) electrons. The first kappa shape index (κ1) is 23.5. The number of methoxy groups -OCH3 is 1. The maximum atomic E-state index is 12.6. The Hall–Kier alpha value is -3.17. The van der Waals surface area contributed by atoms with Crippen molar-refractivity contribution in [3.05, 3.63) is 70.9 Å². The zero-order chi connectivity index (χ0) is 23.1. The molecule has 0 bridgehead atoms. The van der Waals surface area contributed by atoms with Gasteiger partial charge in [-0.1, -0.05) is 35.9 Å². The molecule has 1 aromatic heterocycles. The van der Waals surface area contributed by atoms with Crippen LogP contribution < -0.4 is 14.8 Å². The lowest BCUT2D eigenvalue weighted by Gasteiger charge is -2.18. The molecule has 10 heteroatoms. The van der Waals surface area contributed by atoms with Crippen molar-refractivity contribution in [2.45, 2.75) is 19.7 Å². The topological polar surface area (TPSA) is 68.6 Å². The largest absolute Gasteiger partial charge is 0.493 e. The van der Waals surface area contributed by atoms with E-state index >= 15 is 0 Å². The Kier molecular flexibility index (Phi) is 8.02. The molecule has 32 heavy (non-hydrogen) atoms. The van der Waals surface area contributed by atoms with Gasteiger partial charge in [0.1, 0.15) is 5.82 Å². The lowest BCUT2D eigenvalue weighted by atomic mass is 10.2. The Balaban J connectivity index is 1.59. The standard InChI is InChI=1S/C22H23ClF2N4O3/c1-28(12-15-7-8-18(31-2)19(11-15)32-22(24)25)14-21(30)27-20-9-10-26-29(20)13-16-5-3-4-6-17(16)23/h3-11,22H,12-14H2,1-2H3,(H,27,30). The van der Waals surface area contributed by atoms with Gasteiger partial charge < -0.3 is 14.8 Å². The van der Waals surface area contributed by atoms with E-state index in [4.69, 9.17) is 16.3 Å². The molecular formula is C22H23ClF2N4O3. The number of carbonyl (C=O) groups excluding carboxylic acids is 1. The Morgan fingerprint density at radius 3 is 2.72 bits per heavy atom. The predicted molar refractivity (Wildman–Crippen MR) is 117 cm³/mol. The van der Waals surface area contributed by atoms with Crippen LogP contribution in [-0.2, 0) is 17.9 Å². The number of rotatable bonds is 10.